The third kappa shape index (κ3) is 3.97. The number of carbonyl (C=O) groups is 1. The lowest BCUT2D eigenvalue weighted by Gasteiger charge is -2.33. The van der Waals surface area contributed by atoms with Crippen LogP contribution in [0.5, 0.6) is 5.75 Å². The van der Waals surface area contributed by atoms with Gasteiger partial charge in [0.05, 0.1) is 5.56 Å². The molecule has 0 radical (unpaired) electrons. The molecule has 1 aromatic carbocycles. The van der Waals surface area contributed by atoms with Gasteiger partial charge in [0, 0.05) is 12.6 Å². The minimum absolute atomic E-state index is 0.0676. The van der Waals surface area contributed by atoms with E-state index in [1.54, 1.807) is 12.1 Å². The van der Waals surface area contributed by atoms with Crippen LogP contribution < -0.4 is 5.32 Å². The Morgan fingerprint density at radius 3 is 2.86 bits per heavy atom. The second-order valence-electron chi connectivity index (χ2n) is 6.28. The fourth-order valence-corrected chi connectivity index (χ4v) is 2.86. The predicted molar refractivity (Wildman–Crippen MR) is 84.6 cm³/mol. The Kier molecular flexibility index (Phi) is 5.23. The molecular formula is C17H26N2O2. The van der Waals surface area contributed by atoms with Crippen LogP contribution in [0.25, 0.3) is 0 Å². The Bertz CT molecular complexity index is 494. The van der Waals surface area contributed by atoms with Crippen LogP contribution in [0.2, 0.25) is 0 Å². The van der Waals surface area contributed by atoms with Crippen LogP contribution in [-0.2, 0) is 0 Å². The summed E-state index contributed by atoms with van der Waals surface area (Å²) in [4.78, 5) is 14.7. The number of phenolic OH excluding ortho intramolecular Hbond substituents is 1. The maximum atomic E-state index is 12.8. The van der Waals surface area contributed by atoms with Crippen molar-refractivity contribution < 1.29 is 9.90 Å². The summed E-state index contributed by atoms with van der Waals surface area (Å²) in [5, 5.41) is 13.4. The maximum Gasteiger partial charge on any atom is 0.257 e. The van der Waals surface area contributed by atoms with Gasteiger partial charge >= 0.3 is 0 Å². The van der Waals surface area contributed by atoms with Gasteiger partial charge in [-0.15, -0.1) is 0 Å². The van der Waals surface area contributed by atoms with Crippen molar-refractivity contribution in [3.05, 3.63) is 29.3 Å². The Morgan fingerprint density at radius 1 is 1.48 bits per heavy atom. The van der Waals surface area contributed by atoms with E-state index in [9.17, 15) is 9.90 Å². The smallest absolute Gasteiger partial charge is 0.257 e. The van der Waals surface area contributed by atoms with Gasteiger partial charge in [0.25, 0.3) is 5.91 Å². The Labute approximate surface area is 127 Å². The largest absolute Gasteiger partial charge is 0.507 e. The van der Waals surface area contributed by atoms with Gasteiger partial charge in [-0.3, -0.25) is 4.79 Å². The molecule has 2 rings (SSSR count). The first-order valence-electron chi connectivity index (χ1n) is 7.80. The molecule has 0 bridgehead atoms. The van der Waals surface area contributed by atoms with E-state index in [1.165, 1.54) is 6.42 Å². The van der Waals surface area contributed by atoms with Gasteiger partial charge in [0.2, 0.25) is 0 Å². The molecule has 1 saturated heterocycles. The Morgan fingerprint density at radius 2 is 2.24 bits per heavy atom. The molecule has 116 valence electrons. The summed E-state index contributed by atoms with van der Waals surface area (Å²) in [6, 6.07) is 5.31. The van der Waals surface area contributed by atoms with Crippen molar-refractivity contribution in [2.75, 3.05) is 19.6 Å². The van der Waals surface area contributed by atoms with Crippen molar-refractivity contribution in [1.29, 1.82) is 0 Å². The lowest BCUT2D eigenvalue weighted by atomic mass is 9.98. The predicted octanol–water partition coefficient (Wildman–Crippen LogP) is 2.55. The molecule has 1 aliphatic heterocycles. The fraction of sp³-hybridized carbons (Fsp3) is 0.588. The van der Waals surface area contributed by atoms with Gasteiger partial charge in [-0.05, 0) is 64.8 Å². The van der Waals surface area contributed by atoms with Crippen molar-refractivity contribution in [3.63, 3.8) is 0 Å². The molecule has 2 N–H and O–H groups in total. The van der Waals surface area contributed by atoms with Crippen LogP contribution in [0.3, 0.4) is 0 Å². The number of nitrogens with one attached hydrogen (secondary N) is 1. The first kappa shape index (κ1) is 15.8. The fourth-order valence-electron chi connectivity index (χ4n) is 2.86. The molecule has 0 aliphatic carbocycles. The Balaban J connectivity index is 2.16. The van der Waals surface area contributed by atoms with Crippen LogP contribution in [0.1, 0.15) is 42.6 Å². The van der Waals surface area contributed by atoms with Gasteiger partial charge in [-0.25, -0.2) is 0 Å². The highest BCUT2D eigenvalue weighted by atomic mass is 16.3. The number of nitrogens with zero attached hydrogens (tertiary/aromatic N) is 1. The SMILES string of the molecule is Cc1ccc(O)c(C(=O)N(CC2CCCNC2)C(C)C)c1. The summed E-state index contributed by atoms with van der Waals surface area (Å²) < 4.78 is 0. The summed E-state index contributed by atoms with van der Waals surface area (Å²) in [5.74, 6) is 0.492. The Hall–Kier alpha value is -1.55. The minimum atomic E-state index is -0.0724. The zero-order valence-electron chi connectivity index (χ0n) is 13.2. The molecule has 1 atom stereocenters. The molecule has 4 heteroatoms. The van der Waals surface area contributed by atoms with Crippen LogP contribution >= 0.6 is 0 Å². The summed E-state index contributed by atoms with van der Waals surface area (Å²) in [5.41, 5.74) is 1.40. The first-order valence-corrected chi connectivity index (χ1v) is 7.80. The third-order valence-corrected chi connectivity index (χ3v) is 4.12. The molecule has 1 heterocycles. The number of hydrogen-bond acceptors (Lipinski definition) is 3. The van der Waals surface area contributed by atoms with E-state index >= 15 is 0 Å². The van der Waals surface area contributed by atoms with Crippen molar-refractivity contribution in [1.82, 2.24) is 10.2 Å². The average Bonchev–Trinajstić information content (AvgIpc) is 2.47. The number of rotatable bonds is 4. The van der Waals surface area contributed by atoms with Crippen LogP contribution in [0, 0.1) is 12.8 Å². The number of phenols is 1. The number of amides is 1. The standard InChI is InChI=1S/C17H26N2O2/c1-12(2)19(11-14-5-4-8-18-10-14)17(21)15-9-13(3)6-7-16(15)20/h6-7,9,12,14,18,20H,4-5,8,10-11H2,1-3H3. The van der Waals surface area contributed by atoms with E-state index in [4.69, 9.17) is 0 Å². The number of aromatic hydroxyl groups is 1. The summed E-state index contributed by atoms with van der Waals surface area (Å²) in [6.45, 7) is 8.78. The summed E-state index contributed by atoms with van der Waals surface area (Å²) in [7, 11) is 0. The highest BCUT2D eigenvalue weighted by Crippen LogP contribution is 2.23. The molecule has 21 heavy (non-hydrogen) atoms. The van der Waals surface area contributed by atoms with Crippen molar-refractivity contribution in [2.24, 2.45) is 5.92 Å². The van der Waals surface area contributed by atoms with Crippen molar-refractivity contribution in [2.45, 2.75) is 39.7 Å². The lowest BCUT2D eigenvalue weighted by Crippen LogP contribution is -2.44. The molecule has 1 aromatic rings. The normalized spacial score (nSPS) is 18.8. The zero-order valence-corrected chi connectivity index (χ0v) is 13.2. The van der Waals surface area contributed by atoms with Gasteiger partial charge in [-0.2, -0.15) is 0 Å². The average molecular weight is 290 g/mol. The van der Waals surface area contributed by atoms with Gasteiger partial charge in [0.1, 0.15) is 5.75 Å². The van der Waals surface area contributed by atoms with Crippen molar-refractivity contribution >= 4 is 5.91 Å². The number of benzene rings is 1. The molecule has 4 nitrogen and oxygen atoms in total. The van der Waals surface area contributed by atoms with Gasteiger partial charge in [0.15, 0.2) is 0 Å². The van der Waals surface area contributed by atoms with E-state index in [0.29, 0.717) is 11.5 Å². The maximum absolute atomic E-state index is 12.8. The third-order valence-electron chi connectivity index (χ3n) is 4.12. The molecular weight excluding hydrogens is 264 g/mol. The van der Waals surface area contributed by atoms with Crippen LogP contribution in [-0.4, -0.2) is 41.6 Å². The highest BCUT2D eigenvalue weighted by molar-refractivity contribution is 5.97. The van der Waals surface area contributed by atoms with Gasteiger partial charge in [-0.1, -0.05) is 11.6 Å². The molecule has 1 aliphatic rings. The number of carbonyl (C=O) groups excluding carboxylic acids is 1. The molecule has 0 spiro atoms. The second-order valence-corrected chi connectivity index (χ2v) is 6.28. The lowest BCUT2D eigenvalue weighted by molar-refractivity contribution is 0.0657. The number of aryl methyl sites for hydroxylation is 1. The molecule has 1 unspecified atom stereocenters. The van der Waals surface area contributed by atoms with Crippen molar-refractivity contribution in [3.8, 4) is 5.75 Å². The first-order chi connectivity index (χ1) is 9.99. The highest BCUT2D eigenvalue weighted by Gasteiger charge is 2.25. The molecule has 0 saturated carbocycles. The minimum Gasteiger partial charge on any atom is -0.507 e. The monoisotopic (exact) mass is 290 g/mol. The molecule has 0 aromatic heterocycles. The number of hydrogen-bond donors (Lipinski definition) is 2. The van der Waals surface area contributed by atoms with E-state index in [1.807, 2.05) is 31.7 Å². The topological polar surface area (TPSA) is 52.6 Å². The van der Waals surface area contributed by atoms with E-state index in [2.05, 4.69) is 5.32 Å². The van der Waals surface area contributed by atoms with E-state index < -0.39 is 0 Å². The molecule has 1 amide bonds. The van der Waals surface area contributed by atoms with Crippen LogP contribution in [0.4, 0.5) is 0 Å². The zero-order chi connectivity index (χ0) is 15.4. The van der Waals surface area contributed by atoms with E-state index in [-0.39, 0.29) is 17.7 Å². The summed E-state index contributed by atoms with van der Waals surface area (Å²) >= 11 is 0. The summed E-state index contributed by atoms with van der Waals surface area (Å²) in [6.07, 6.45) is 2.32. The quantitative estimate of drug-likeness (QED) is 0.896. The number of piperidine rings is 1. The van der Waals surface area contributed by atoms with Crippen LogP contribution in [0.15, 0.2) is 18.2 Å². The second kappa shape index (κ2) is 6.94. The van der Waals surface area contributed by atoms with Gasteiger partial charge < -0.3 is 15.3 Å². The van der Waals surface area contributed by atoms with E-state index in [0.717, 1.165) is 31.6 Å². The molecule has 1 fully saturated rings.